The van der Waals surface area contributed by atoms with Crippen molar-refractivity contribution in [3.8, 4) is 0 Å². The highest BCUT2D eigenvalue weighted by Gasteiger charge is 2.23. The second kappa shape index (κ2) is 14.8. The number of nitrogens with one attached hydrogen (secondary N) is 2. The fraction of sp³-hybridized carbons (Fsp3) is 0.955. The zero-order valence-electron chi connectivity index (χ0n) is 19.6. The van der Waals surface area contributed by atoms with Crippen LogP contribution in [-0.4, -0.2) is 98.7 Å². The molecular weight excluding hydrogens is 475 g/mol. The second-order valence-electron chi connectivity index (χ2n) is 8.91. The van der Waals surface area contributed by atoms with Crippen molar-refractivity contribution in [2.45, 2.75) is 65.5 Å². The van der Waals surface area contributed by atoms with Crippen LogP contribution in [0.2, 0.25) is 0 Å². The second-order valence-corrected chi connectivity index (χ2v) is 8.91. The molecule has 2 aliphatic heterocycles. The summed E-state index contributed by atoms with van der Waals surface area (Å²) in [5.74, 6) is 1.59. The van der Waals surface area contributed by atoms with E-state index in [0.29, 0.717) is 18.0 Å². The van der Waals surface area contributed by atoms with Crippen LogP contribution in [-0.2, 0) is 0 Å². The highest BCUT2D eigenvalue weighted by molar-refractivity contribution is 14.0. The lowest BCUT2D eigenvalue weighted by molar-refractivity contribution is 0.107. The van der Waals surface area contributed by atoms with Crippen molar-refractivity contribution >= 4 is 29.9 Å². The number of halogens is 1. The van der Waals surface area contributed by atoms with Crippen LogP contribution in [0.5, 0.6) is 0 Å². The van der Waals surface area contributed by atoms with Gasteiger partial charge in [-0.2, -0.15) is 0 Å². The van der Waals surface area contributed by atoms with Crippen molar-refractivity contribution in [1.82, 2.24) is 25.3 Å². The summed E-state index contributed by atoms with van der Waals surface area (Å²) in [7, 11) is 1.89. The molecule has 2 fully saturated rings. The first-order valence-corrected chi connectivity index (χ1v) is 11.7. The van der Waals surface area contributed by atoms with E-state index in [0.717, 1.165) is 19.0 Å². The average Bonchev–Trinajstić information content (AvgIpc) is 2.99. The van der Waals surface area contributed by atoms with Crippen LogP contribution >= 0.6 is 24.0 Å². The molecule has 0 aliphatic carbocycles. The van der Waals surface area contributed by atoms with Gasteiger partial charge in [0.1, 0.15) is 0 Å². The van der Waals surface area contributed by atoms with Crippen molar-refractivity contribution < 1.29 is 0 Å². The Labute approximate surface area is 197 Å². The predicted octanol–water partition coefficient (Wildman–Crippen LogP) is 2.70. The van der Waals surface area contributed by atoms with Gasteiger partial charge in [-0.3, -0.25) is 14.8 Å². The molecule has 0 aromatic heterocycles. The van der Waals surface area contributed by atoms with E-state index in [1.165, 1.54) is 71.5 Å². The number of piperazine rings is 1. The Morgan fingerprint density at radius 3 is 1.93 bits per heavy atom. The molecule has 2 atom stereocenters. The van der Waals surface area contributed by atoms with E-state index in [1.54, 1.807) is 0 Å². The molecule has 0 aromatic rings. The molecule has 0 spiro atoms. The molecule has 29 heavy (non-hydrogen) atoms. The first-order chi connectivity index (χ1) is 13.5. The topological polar surface area (TPSA) is 46.1 Å². The maximum absolute atomic E-state index is 4.47. The minimum Gasteiger partial charge on any atom is -0.355 e. The molecule has 0 bridgehead atoms. The molecular formula is C22H47IN6. The van der Waals surface area contributed by atoms with Gasteiger partial charge < -0.3 is 15.5 Å². The van der Waals surface area contributed by atoms with Gasteiger partial charge in [0.2, 0.25) is 0 Å². The number of rotatable bonds is 8. The van der Waals surface area contributed by atoms with Crippen LogP contribution < -0.4 is 10.6 Å². The Bertz CT molecular complexity index is 443. The Hall–Kier alpha value is -0.120. The van der Waals surface area contributed by atoms with Gasteiger partial charge in [0.15, 0.2) is 5.96 Å². The quantitative estimate of drug-likeness (QED) is 0.292. The molecule has 2 saturated heterocycles. The van der Waals surface area contributed by atoms with Crippen LogP contribution in [0.15, 0.2) is 4.99 Å². The van der Waals surface area contributed by atoms with E-state index < -0.39 is 0 Å². The summed E-state index contributed by atoms with van der Waals surface area (Å²) < 4.78 is 0. The van der Waals surface area contributed by atoms with E-state index in [2.05, 4.69) is 58.0 Å². The van der Waals surface area contributed by atoms with E-state index >= 15 is 0 Å². The Morgan fingerprint density at radius 2 is 1.41 bits per heavy atom. The van der Waals surface area contributed by atoms with Gasteiger partial charge in [0.25, 0.3) is 0 Å². The lowest BCUT2D eigenvalue weighted by atomic mass is 10.0. The van der Waals surface area contributed by atoms with Crippen molar-refractivity contribution in [2.24, 2.45) is 10.9 Å². The van der Waals surface area contributed by atoms with Gasteiger partial charge in [0.05, 0.1) is 0 Å². The molecule has 172 valence electrons. The average molecular weight is 523 g/mol. The predicted molar refractivity (Wildman–Crippen MR) is 137 cm³/mol. The zero-order chi connectivity index (χ0) is 20.4. The van der Waals surface area contributed by atoms with Crippen molar-refractivity contribution in [3.05, 3.63) is 0 Å². The number of likely N-dealkylation sites (N-methyl/N-ethyl adjacent to an activating group) is 1. The summed E-state index contributed by atoms with van der Waals surface area (Å²) in [5, 5.41) is 7.18. The van der Waals surface area contributed by atoms with Gasteiger partial charge >= 0.3 is 0 Å². The largest absolute Gasteiger partial charge is 0.355 e. The summed E-state index contributed by atoms with van der Waals surface area (Å²) in [6, 6.07) is 1.11. The van der Waals surface area contributed by atoms with Crippen LogP contribution in [0.25, 0.3) is 0 Å². The minimum atomic E-state index is 0. The molecule has 2 N–H and O–H groups in total. The third-order valence-corrected chi connectivity index (χ3v) is 6.62. The summed E-state index contributed by atoms with van der Waals surface area (Å²) in [6.45, 7) is 19.6. The van der Waals surface area contributed by atoms with Gasteiger partial charge in [-0.05, 0) is 45.3 Å². The molecule has 2 unspecified atom stereocenters. The van der Waals surface area contributed by atoms with E-state index in [9.17, 15) is 0 Å². The monoisotopic (exact) mass is 522 g/mol. The maximum Gasteiger partial charge on any atom is 0.191 e. The molecule has 2 aliphatic rings. The lowest BCUT2D eigenvalue weighted by Crippen LogP contribution is -2.54. The lowest BCUT2D eigenvalue weighted by Gasteiger charge is -2.38. The molecule has 0 saturated carbocycles. The highest BCUT2D eigenvalue weighted by Crippen LogP contribution is 2.17. The number of nitrogens with zero attached hydrogens (tertiary/aromatic N) is 4. The number of hydrogen-bond acceptors (Lipinski definition) is 4. The third-order valence-electron chi connectivity index (χ3n) is 6.62. The molecule has 0 radical (unpaired) electrons. The normalized spacial score (nSPS) is 22.6. The molecule has 0 amide bonds. The zero-order valence-corrected chi connectivity index (χ0v) is 22.0. The SMILES string of the molecule is CCN1CCN(C(C)CNC(=NC)NCC(C(C)C)N2CCCCCC2)CC1.I. The van der Waals surface area contributed by atoms with E-state index in [4.69, 9.17) is 0 Å². The van der Waals surface area contributed by atoms with Crippen molar-refractivity contribution in [2.75, 3.05) is 66.0 Å². The Morgan fingerprint density at radius 1 is 0.828 bits per heavy atom. The summed E-state index contributed by atoms with van der Waals surface area (Å²) in [4.78, 5) is 12.3. The third kappa shape index (κ3) is 9.27. The highest BCUT2D eigenvalue weighted by atomic mass is 127. The number of likely N-dealkylation sites (tertiary alicyclic amines) is 1. The van der Waals surface area contributed by atoms with Gasteiger partial charge in [0, 0.05) is 58.4 Å². The molecule has 0 aromatic carbocycles. The number of hydrogen-bond donors (Lipinski definition) is 2. The summed E-state index contributed by atoms with van der Waals surface area (Å²) in [6.07, 6.45) is 5.47. The van der Waals surface area contributed by atoms with Crippen LogP contribution in [0, 0.1) is 5.92 Å². The fourth-order valence-corrected chi connectivity index (χ4v) is 4.53. The molecule has 2 heterocycles. The first-order valence-electron chi connectivity index (χ1n) is 11.7. The van der Waals surface area contributed by atoms with E-state index in [-0.39, 0.29) is 24.0 Å². The smallest absolute Gasteiger partial charge is 0.191 e. The maximum atomic E-state index is 4.47. The van der Waals surface area contributed by atoms with E-state index in [1.807, 2.05) is 7.05 Å². The standard InChI is InChI=1S/C22H46N6.HI/c1-6-26-13-15-27(16-14-26)20(4)17-24-22(23-5)25-18-21(19(2)3)28-11-9-7-8-10-12-28;/h19-21H,6-18H2,1-5H3,(H2,23,24,25);1H. The van der Waals surface area contributed by atoms with Crippen molar-refractivity contribution in [3.63, 3.8) is 0 Å². The minimum absolute atomic E-state index is 0. The molecule has 2 rings (SSSR count). The van der Waals surface area contributed by atoms with Crippen LogP contribution in [0.3, 0.4) is 0 Å². The van der Waals surface area contributed by atoms with Crippen LogP contribution in [0.4, 0.5) is 0 Å². The van der Waals surface area contributed by atoms with Crippen LogP contribution in [0.1, 0.15) is 53.4 Å². The Balaban J connectivity index is 0.00000420. The van der Waals surface area contributed by atoms with Gasteiger partial charge in [-0.25, -0.2) is 0 Å². The molecule has 7 heteroatoms. The van der Waals surface area contributed by atoms with Gasteiger partial charge in [-0.1, -0.05) is 33.6 Å². The molecule has 6 nitrogen and oxygen atoms in total. The van der Waals surface area contributed by atoms with Crippen molar-refractivity contribution in [1.29, 1.82) is 0 Å². The number of guanidine groups is 1. The first kappa shape index (κ1) is 26.9. The fourth-order valence-electron chi connectivity index (χ4n) is 4.53. The summed E-state index contributed by atoms with van der Waals surface area (Å²) >= 11 is 0. The summed E-state index contributed by atoms with van der Waals surface area (Å²) in [5.41, 5.74) is 0. The Kier molecular flexibility index (Phi) is 13.7. The van der Waals surface area contributed by atoms with Gasteiger partial charge in [-0.15, -0.1) is 24.0 Å². The number of aliphatic imine (C=N–C) groups is 1.